The van der Waals surface area contributed by atoms with Crippen molar-refractivity contribution in [3.05, 3.63) is 95.9 Å². The van der Waals surface area contributed by atoms with Crippen LogP contribution >= 0.6 is 0 Å². The Kier molecular flexibility index (Phi) is 6.14. The molecule has 2 atom stereocenters. The molecule has 2 unspecified atom stereocenters. The van der Waals surface area contributed by atoms with Gasteiger partial charge in [0.05, 0.1) is 22.4 Å². The Morgan fingerprint density at radius 1 is 1.22 bits per heavy atom. The number of benzene rings is 2. The van der Waals surface area contributed by atoms with Crippen molar-refractivity contribution in [1.29, 1.82) is 5.41 Å². The quantitative estimate of drug-likeness (QED) is 0.297. The molecule has 1 aliphatic carbocycles. The summed E-state index contributed by atoms with van der Waals surface area (Å²) in [5.41, 5.74) is 12.1. The summed E-state index contributed by atoms with van der Waals surface area (Å²) in [6.45, 7) is 7.62. The predicted octanol–water partition coefficient (Wildman–Crippen LogP) is 7.12. The molecule has 2 heterocycles. The molecule has 182 valence electrons. The number of hydrogen-bond donors (Lipinski definition) is 2. The van der Waals surface area contributed by atoms with Crippen LogP contribution in [-0.4, -0.2) is 21.3 Å². The van der Waals surface area contributed by atoms with Gasteiger partial charge in [0, 0.05) is 40.2 Å². The zero-order valence-corrected chi connectivity index (χ0v) is 20.4. The van der Waals surface area contributed by atoms with Crippen molar-refractivity contribution < 1.29 is 8.78 Å². The van der Waals surface area contributed by atoms with Crippen LogP contribution in [0.3, 0.4) is 0 Å². The lowest BCUT2D eigenvalue weighted by Crippen LogP contribution is -2.33. The SMILES string of the molecule is C=Cc1cnc2ccc(C3=CC(C(=N)CC)C(N)CC=C3)cc2c1-n1c(C)c(F)c2cc(F)ccc21. The van der Waals surface area contributed by atoms with Crippen LogP contribution in [0.1, 0.15) is 36.6 Å². The van der Waals surface area contributed by atoms with Crippen molar-refractivity contribution in [3.8, 4) is 5.69 Å². The van der Waals surface area contributed by atoms with E-state index in [1.807, 2.05) is 35.8 Å². The van der Waals surface area contributed by atoms with Crippen LogP contribution in [0, 0.1) is 29.9 Å². The van der Waals surface area contributed by atoms with E-state index in [1.165, 1.54) is 12.1 Å². The minimum atomic E-state index is -0.484. The molecular formula is C30H28F2N4. The number of halogens is 2. The second kappa shape index (κ2) is 9.28. The monoisotopic (exact) mass is 482 g/mol. The summed E-state index contributed by atoms with van der Waals surface area (Å²) in [7, 11) is 0. The zero-order chi connectivity index (χ0) is 25.6. The van der Waals surface area contributed by atoms with Crippen molar-refractivity contribution in [2.75, 3.05) is 0 Å². The third-order valence-electron chi connectivity index (χ3n) is 7.04. The largest absolute Gasteiger partial charge is 0.327 e. The van der Waals surface area contributed by atoms with E-state index in [0.29, 0.717) is 29.8 Å². The number of aromatic nitrogens is 2. The third kappa shape index (κ3) is 3.88. The first-order valence-electron chi connectivity index (χ1n) is 12.1. The van der Waals surface area contributed by atoms with Crippen LogP contribution in [-0.2, 0) is 0 Å². The summed E-state index contributed by atoms with van der Waals surface area (Å²) >= 11 is 0. The van der Waals surface area contributed by atoms with Gasteiger partial charge >= 0.3 is 0 Å². The second-order valence-corrected chi connectivity index (χ2v) is 9.22. The molecule has 4 aromatic rings. The summed E-state index contributed by atoms with van der Waals surface area (Å²) in [4.78, 5) is 4.61. The van der Waals surface area contributed by atoms with Gasteiger partial charge in [-0.05, 0) is 61.2 Å². The molecule has 36 heavy (non-hydrogen) atoms. The molecule has 1 aliphatic rings. The number of nitrogens with zero attached hydrogens (tertiary/aromatic N) is 2. The number of allylic oxidation sites excluding steroid dienone is 2. The highest BCUT2D eigenvalue weighted by Gasteiger charge is 2.23. The normalized spacial score (nSPS) is 17.9. The molecular weight excluding hydrogens is 454 g/mol. The van der Waals surface area contributed by atoms with Gasteiger partial charge in [0.1, 0.15) is 5.82 Å². The highest BCUT2D eigenvalue weighted by Crippen LogP contribution is 2.36. The van der Waals surface area contributed by atoms with E-state index in [-0.39, 0.29) is 17.3 Å². The van der Waals surface area contributed by atoms with Gasteiger partial charge in [0.15, 0.2) is 5.82 Å². The van der Waals surface area contributed by atoms with Gasteiger partial charge in [-0.25, -0.2) is 8.78 Å². The van der Waals surface area contributed by atoms with Gasteiger partial charge in [-0.3, -0.25) is 4.98 Å². The maximum Gasteiger partial charge on any atom is 0.152 e. The Labute approximate surface area is 209 Å². The van der Waals surface area contributed by atoms with Gasteiger partial charge in [-0.2, -0.15) is 0 Å². The summed E-state index contributed by atoms with van der Waals surface area (Å²) < 4.78 is 31.0. The fourth-order valence-electron chi connectivity index (χ4n) is 5.07. The molecule has 2 aromatic heterocycles. The van der Waals surface area contributed by atoms with Crippen molar-refractivity contribution >= 4 is 39.2 Å². The van der Waals surface area contributed by atoms with Crippen LogP contribution < -0.4 is 5.73 Å². The van der Waals surface area contributed by atoms with Gasteiger partial charge in [0.25, 0.3) is 0 Å². The number of fused-ring (bicyclic) bond motifs is 2. The molecule has 0 radical (unpaired) electrons. The molecule has 4 nitrogen and oxygen atoms in total. The average molecular weight is 483 g/mol. The Morgan fingerprint density at radius 2 is 2.03 bits per heavy atom. The topological polar surface area (TPSA) is 67.7 Å². The van der Waals surface area contributed by atoms with Crippen LogP contribution in [0.5, 0.6) is 0 Å². The highest BCUT2D eigenvalue weighted by molar-refractivity contribution is 5.97. The summed E-state index contributed by atoms with van der Waals surface area (Å²) in [5.74, 6) is -1.08. The van der Waals surface area contributed by atoms with Crippen LogP contribution in [0.4, 0.5) is 8.78 Å². The highest BCUT2D eigenvalue weighted by atomic mass is 19.1. The molecule has 2 aromatic carbocycles. The molecule has 5 rings (SSSR count). The lowest BCUT2D eigenvalue weighted by atomic mass is 9.90. The second-order valence-electron chi connectivity index (χ2n) is 9.22. The predicted molar refractivity (Wildman–Crippen MR) is 145 cm³/mol. The minimum Gasteiger partial charge on any atom is -0.327 e. The van der Waals surface area contributed by atoms with Gasteiger partial charge < -0.3 is 15.7 Å². The van der Waals surface area contributed by atoms with Crippen LogP contribution in [0.25, 0.3) is 39.1 Å². The lowest BCUT2D eigenvalue weighted by molar-refractivity contribution is 0.610. The first-order chi connectivity index (χ1) is 17.3. The summed E-state index contributed by atoms with van der Waals surface area (Å²) in [6, 6.07) is 10.0. The van der Waals surface area contributed by atoms with Crippen molar-refractivity contribution in [2.24, 2.45) is 11.7 Å². The maximum atomic E-state index is 15.2. The van der Waals surface area contributed by atoms with E-state index in [0.717, 1.165) is 33.3 Å². The van der Waals surface area contributed by atoms with Gasteiger partial charge in [-0.1, -0.05) is 43.9 Å². The molecule has 0 aliphatic heterocycles. The molecule has 0 spiro atoms. The van der Waals surface area contributed by atoms with E-state index in [2.05, 4.69) is 23.7 Å². The number of pyridine rings is 1. The molecule has 0 saturated heterocycles. The van der Waals surface area contributed by atoms with E-state index in [1.54, 1.807) is 25.3 Å². The molecule has 0 fully saturated rings. The Balaban J connectivity index is 1.79. The average Bonchev–Trinajstić information content (AvgIpc) is 3.01. The van der Waals surface area contributed by atoms with E-state index >= 15 is 4.39 Å². The number of hydrogen-bond acceptors (Lipinski definition) is 3. The fraction of sp³-hybridized carbons (Fsp3) is 0.200. The fourth-order valence-corrected chi connectivity index (χ4v) is 5.07. The van der Waals surface area contributed by atoms with Crippen molar-refractivity contribution in [1.82, 2.24) is 9.55 Å². The first-order valence-corrected chi connectivity index (χ1v) is 12.1. The molecule has 3 N–H and O–H groups in total. The van der Waals surface area contributed by atoms with Crippen LogP contribution in [0.2, 0.25) is 0 Å². The Bertz CT molecular complexity index is 1590. The maximum absolute atomic E-state index is 15.2. The smallest absolute Gasteiger partial charge is 0.152 e. The van der Waals surface area contributed by atoms with E-state index < -0.39 is 11.6 Å². The zero-order valence-electron chi connectivity index (χ0n) is 20.4. The van der Waals surface area contributed by atoms with Crippen molar-refractivity contribution in [2.45, 2.75) is 32.7 Å². The molecule has 6 heteroatoms. The molecule has 0 saturated carbocycles. The number of nitrogens with one attached hydrogen (secondary N) is 1. The molecule has 0 amide bonds. The first kappa shape index (κ1) is 23.8. The van der Waals surface area contributed by atoms with E-state index in [4.69, 9.17) is 11.1 Å². The number of nitrogens with two attached hydrogens (primary N) is 1. The minimum absolute atomic E-state index is 0.145. The number of rotatable bonds is 5. The molecule has 0 bridgehead atoms. The summed E-state index contributed by atoms with van der Waals surface area (Å²) in [6.07, 6.45) is 10.9. The van der Waals surface area contributed by atoms with Gasteiger partial charge in [0.2, 0.25) is 0 Å². The Morgan fingerprint density at radius 3 is 2.78 bits per heavy atom. The van der Waals surface area contributed by atoms with Crippen molar-refractivity contribution in [3.63, 3.8) is 0 Å². The Hall–Kier alpha value is -3.90. The van der Waals surface area contributed by atoms with E-state index in [9.17, 15) is 4.39 Å². The van der Waals surface area contributed by atoms with Crippen LogP contribution in [0.15, 0.2) is 67.4 Å². The van der Waals surface area contributed by atoms with Gasteiger partial charge in [-0.15, -0.1) is 0 Å². The lowest BCUT2D eigenvalue weighted by Gasteiger charge is -2.20. The summed E-state index contributed by atoms with van der Waals surface area (Å²) in [5, 5.41) is 9.47. The third-order valence-corrected chi connectivity index (χ3v) is 7.04. The standard InChI is InChI=1S/C30H28F2N4/c1-4-18-16-35-27-11-9-20(19-7-6-8-26(34)22(13-19)25(33)5-2)14-23(27)30(18)36-17(3)29(32)24-15-21(31)10-12-28(24)36/h4,6-7,9-16,22,26,33H,1,5,8,34H2,2-3H3.